The first-order chi connectivity index (χ1) is 13.5. The lowest BCUT2D eigenvalue weighted by atomic mass is 10.1. The van der Waals surface area contributed by atoms with Crippen molar-refractivity contribution >= 4 is 17.5 Å². The van der Waals surface area contributed by atoms with Crippen molar-refractivity contribution in [1.82, 2.24) is 10.2 Å². The van der Waals surface area contributed by atoms with E-state index in [-0.39, 0.29) is 18.4 Å². The van der Waals surface area contributed by atoms with Crippen LogP contribution in [0.5, 0.6) is 0 Å². The van der Waals surface area contributed by atoms with E-state index in [1.807, 2.05) is 36.1 Å². The summed E-state index contributed by atoms with van der Waals surface area (Å²) < 4.78 is 0. The number of anilines is 1. The molecule has 28 heavy (non-hydrogen) atoms. The van der Waals surface area contributed by atoms with Gasteiger partial charge in [0, 0.05) is 31.9 Å². The number of nitrogens with zero attached hydrogens (tertiary/aromatic N) is 2. The van der Waals surface area contributed by atoms with Crippen LogP contribution in [0.3, 0.4) is 0 Å². The van der Waals surface area contributed by atoms with Crippen LogP contribution >= 0.6 is 0 Å². The second-order valence-corrected chi connectivity index (χ2v) is 7.47. The summed E-state index contributed by atoms with van der Waals surface area (Å²) in [5.41, 5.74) is 5.91. The highest BCUT2D eigenvalue weighted by atomic mass is 16.2. The number of carbonyl (C=O) groups is 2. The largest absolute Gasteiger partial charge is 0.368 e. The highest BCUT2D eigenvalue weighted by Gasteiger charge is 2.22. The zero-order chi connectivity index (χ0) is 20.1. The average molecular weight is 380 g/mol. The summed E-state index contributed by atoms with van der Waals surface area (Å²) in [6.07, 6.45) is 0.306. The fraction of sp³-hybridized carbons (Fsp3) is 0.391. The molecule has 148 valence electrons. The van der Waals surface area contributed by atoms with Crippen molar-refractivity contribution in [2.75, 3.05) is 37.6 Å². The lowest BCUT2D eigenvalue weighted by Crippen LogP contribution is -2.51. The van der Waals surface area contributed by atoms with Crippen LogP contribution < -0.4 is 10.2 Å². The molecule has 5 heteroatoms. The van der Waals surface area contributed by atoms with Crippen LogP contribution in [-0.2, 0) is 16.0 Å². The predicted molar refractivity (Wildman–Crippen MR) is 113 cm³/mol. The Bertz CT molecular complexity index is 855. The Kier molecular flexibility index (Phi) is 6.34. The number of rotatable bonds is 5. The predicted octanol–water partition coefficient (Wildman–Crippen LogP) is 2.62. The van der Waals surface area contributed by atoms with E-state index in [1.54, 1.807) is 0 Å². The van der Waals surface area contributed by atoms with E-state index in [1.165, 1.54) is 16.8 Å². The van der Waals surface area contributed by atoms with E-state index in [0.29, 0.717) is 19.5 Å². The van der Waals surface area contributed by atoms with Gasteiger partial charge in [0.25, 0.3) is 0 Å². The molecule has 1 fully saturated rings. The zero-order valence-corrected chi connectivity index (χ0v) is 17.0. The molecule has 0 bridgehead atoms. The molecule has 1 aliphatic rings. The molecule has 0 saturated carbocycles. The van der Waals surface area contributed by atoms with Crippen molar-refractivity contribution in [2.24, 2.45) is 0 Å². The number of nitrogens with one attached hydrogen (secondary N) is 1. The molecule has 2 aromatic carbocycles. The molecule has 5 nitrogen and oxygen atoms in total. The maximum atomic E-state index is 12.5. The van der Waals surface area contributed by atoms with E-state index in [2.05, 4.69) is 42.3 Å². The lowest BCUT2D eigenvalue weighted by Gasteiger charge is -2.37. The minimum Gasteiger partial charge on any atom is -0.368 e. The van der Waals surface area contributed by atoms with Crippen LogP contribution in [0.4, 0.5) is 5.69 Å². The van der Waals surface area contributed by atoms with Crippen molar-refractivity contribution in [3.63, 3.8) is 0 Å². The summed E-state index contributed by atoms with van der Waals surface area (Å²) in [5.74, 6) is -0.129. The normalized spacial score (nSPS) is 14.1. The standard InChI is InChI=1S/C23H29N3O2/c1-17-8-6-10-21(19(17)3)25-11-13-26(14-12-25)23(28)16-24-22(27)15-20-9-5-4-7-18(20)2/h4-10H,11-16H2,1-3H3,(H,24,27). The average Bonchev–Trinajstić information content (AvgIpc) is 2.70. The van der Waals surface area contributed by atoms with Gasteiger partial charge in [0.15, 0.2) is 0 Å². The first-order valence-corrected chi connectivity index (χ1v) is 9.86. The molecule has 1 N–H and O–H groups in total. The Morgan fingerprint density at radius 2 is 1.57 bits per heavy atom. The summed E-state index contributed by atoms with van der Waals surface area (Å²) in [5, 5.41) is 2.77. The third-order valence-corrected chi connectivity index (χ3v) is 5.60. The maximum absolute atomic E-state index is 12.5. The molecule has 1 aliphatic heterocycles. The fourth-order valence-corrected chi connectivity index (χ4v) is 3.60. The van der Waals surface area contributed by atoms with Gasteiger partial charge in [0.05, 0.1) is 13.0 Å². The molecule has 2 aromatic rings. The van der Waals surface area contributed by atoms with Gasteiger partial charge < -0.3 is 15.1 Å². The third-order valence-electron chi connectivity index (χ3n) is 5.60. The molecular formula is C23H29N3O2. The Morgan fingerprint density at radius 3 is 2.29 bits per heavy atom. The van der Waals surface area contributed by atoms with E-state index in [9.17, 15) is 9.59 Å². The van der Waals surface area contributed by atoms with Gasteiger partial charge in [-0.2, -0.15) is 0 Å². The van der Waals surface area contributed by atoms with Gasteiger partial charge in [-0.15, -0.1) is 0 Å². The van der Waals surface area contributed by atoms with Gasteiger partial charge in [0.2, 0.25) is 11.8 Å². The van der Waals surface area contributed by atoms with E-state index < -0.39 is 0 Å². The van der Waals surface area contributed by atoms with Gasteiger partial charge in [-0.25, -0.2) is 0 Å². The van der Waals surface area contributed by atoms with E-state index in [4.69, 9.17) is 0 Å². The van der Waals surface area contributed by atoms with Crippen molar-refractivity contribution < 1.29 is 9.59 Å². The number of hydrogen-bond donors (Lipinski definition) is 1. The number of hydrogen-bond acceptors (Lipinski definition) is 3. The monoisotopic (exact) mass is 379 g/mol. The summed E-state index contributed by atoms with van der Waals surface area (Å²) >= 11 is 0. The number of carbonyl (C=O) groups excluding carboxylic acids is 2. The molecular weight excluding hydrogens is 350 g/mol. The first-order valence-electron chi connectivity index (χ1n) is 9.86. The minimum absolute atomic E-state index is 0.0150. The SMILES string of the molecule is Cc1ccccc1CC(=O)NCC(=O)N1CCN(c2cccc(C)c2C)CC1. The van der Waals surface area contributed by atoms with E-state index >= 15 is 0 Å². The van der Waals surface area contributed by atoms with Crippen molar-refractivity contribution in [3.05, 3.63) is 64.7 Å². The maximum Gasteiger partial charge on any atom is 0.242 e. The van der Waals surface area contributed by atoms with Crippen LogP contribution in [-0.4, -0.2) is 49.4 Å². The molecule has 0 spiro atoms. The highest BCUT2D eigenvalue weighted by molar-refractivity contribution is 5.86. The molecule has 0 atom stereocenters. The van der Waals surface area contributed by atoms with Gasteiger partial charge in [-0.1, -0.05) is 36.4 Å². The zero-order valence-electron chi connectivity index (χ0n) is 17.0. The second-order valence-electron chi connectivity index (χ2n) is 7.47. The van der Waals surface area contributed by atoms with Crippen LogP contribution in [0.15, 0.2) is 42.5 Å². The first kappa shape index (κ1) is 19.9. The quantitative estimate of drug-likeness (QED) is 0.869. The smallest absolute Gasteiger partial charge is 0.242 e. The third kappa shape index (κ3) is 4.71. The molecule has 1 saturated heterocycles. The number of benzene rings is 2. The fourth-order valence-electron chi connectivity index (χ4n) is 3.60. The minimum atomic E-state index is -0.114. The molecule has 0 aromatic heterocycles. The summed E-state index contributed by atoms with van der Waals surface area (Å²) in [6.45, 7) is 9.31. The van der Waals surface area contributed by atoms with E-state index in [0.717, 1.165) is 24.2 Å². The van der Waals surface area contributed by atoms with Crippen LogP contribution in [0.25, 0.3) is 0 Å². The second kappa shape index (κ2) is 8.91. The topological polar surface area (TPSA) is 52.7 Å². The van der Waals surface area contributed by atoms with Crippen molar-refractivity contribution in [3.8, 4) is 0 Å². The van der Waals surface area contributed by atoms with Gasteiger partial charge in [0.1, 0.15) is 0 Å². The Balaban J connectivity index is 1.47. The lowest BCUT2D eigenvalue weighted by molar-refractivity contribution is -0.133. The highest BCUT2D eigenvalue weighted by Crippen LogP contribution is 2.23. The van der Waals surface area contributed by atoms with Crippen molar-refractivity contribution in [2.45, 2.75) is 27.2 Å². The summed E-state index contributed by atoms with van der Waals surface area (Å²) in [6, 6.07) is 14.2. The Morgan fingerprint density at radius 1 is 0.893 bits per heavy atom. The molecule has 0 radical (unpaired) electrons. The Labute approximate surface area is 167 Å². The van der Waals surface area contributed by atoms with Crippen LogP contribution in [0, 0.1) is 20.8 Å². The van der Waals surface area contributed by atoms with Gasteiger partial charge >= 0.3 is 0 Å². The number of aryl methyl sites for hydroxylation is 2. The molecule has 0 aliphatic carbocycles. The van der Waals surface area contributed by atoms with Crippen LogP contribution in [0.2, 0.25) is 0 Å². The van der Waals surface area contributed by atoms with Gasteiger partial charge in [-0.05, 0) is 49.1 Å². The van der Waals surface area contributed by atoms with Crippen LogP contribution in [0.1, 0.15) is 22.3 Å². The molecule has 1 heterocycles. The molecule has 0 unspecified atom stereocenters. The summed E-state index contributed by atoms with van der Waals surface area (Å²) in [4.78, 5) is 28.8. The summed E-state index contributed by atoms with van der Waals surface area (Å²) in [7, 11) is 0. The molecule has 2 amide bonds. The Hall–Kier alpha value is -2.82. The number of piperazine rings is 1. The number of amides is 2. The van der Waals surface area contributed by atoms with Gasteiger partial charge in [-0.3, -0.25) is 9.59 Å². The molecule has 3 rings (SSSR count). The van der Waals surface area contributed by atoms with Crippen molar-refractivity contribution in [1.29, 1.82) is 0 Å².